The zero-order chi connectivity index (χ0) is 19.1. The number of nitrogens with zero attached hydrogens (tertiary/aromatic N) is 1. The number of nitrogens with one attached hydrogen (secondary N) is 1. The van der Waals surface area contributed by atoms with Gasteiger partial charge < -0.3 is 10.6 Å². The minimum absolute atomic E-state index is 0.0444. The van der Waals surface area contributed by atoms with Crippen molar-refractivity contribution in [2.75, 3.05) is 11.9 Å². The van der Waals surface area contributed by atoms with E-state index in [-0.39, 0.29) is 18.5 Å². The third kappa shape index (κ3) is 5.04. The molecule has 0 aliphatic carbocycles. The summed E-state index contributed by atoms with van der Waals surface area (Å²) in [4.78, 5) is 12.4. The van der Waals surface area contributed by atoms with Gasteiger partial charge >= 0.3 is 0 Å². The summed E-state index contributed by atoms with van der Waals surface area (Å²) >= 11 is 0. The molecule has 0 aliphatic rings. The fraction of sp³-hybridized carbons (Fsp3) is 0.130. The Bertz CT molecular complexity index is 943. The molecule has 0 unspecified atom stereocenters. The van der Waals surface area contributed by atoms with E-state index in [2.05, 4.69) is 54.7 Å². The van der Waals surface area contributed by atoms with Crippen molar-refractivity contribution in [3.05, 3.63) is 101 Å². The molecule has 0 radical (unpaired) electrons. The highest BCUT2D eigenvalue weighted by molar-refractivity contribution is 5.91. The first-order chi connectivity index (χ1) is 13.2. The van der Waals surface area contributed by atoms with Crippen molar-refractivity contribution in [2.24, 2.45) is 0 Å². The molecular weight excluding hydrogens is 334 g/mol. The van der Waals surface area contributed by atoms with Crippen molar-refractivity contribution in [3.63, 3.8) is 0 Å². The van der Waals surface area contributed by atoms with E-state index in [0.717, 1.165) is 11.1 Å². The van der Waals surface area contributed by atoms with Gasteiger partial charge in [0.05, 0.1) is 11.6 Å². The number of anilines is 1. The van der Waals surface area contributed by atoms with Gasteiger partial charge in [-0.3, -0.25) is 4.79 Å². The number of hydrogen-bond acceptors (Lipinski definition) is 2. The number of amides is 1. The van der Waals surface area contributed by atoms with Crippen LogP contribution in [-0.2, 0) is 4.79 Å². The normalized spacial score (nSPS) is 11.4. The fourth-order valence-electron chi connectivity index (χ4n) is 3.00. The summed E-state index contributed by atoms with van der Waals surface area (Å²) in [5.74, 6) is -0.0990. The minimum Gasteiger partial charge on any atom is -0.328 e. The lowest BCUT2D eigenvalue weighted by atomic mass is 9.98. The summed E-state index contributed by atoms with van der Waals surface area (Å²) in [6, 6.07) is 27.6. The molecule has 27 heavy (non-hydrogen) atoms. The first kappa shape index (κ1) is 18.4. The highest BCUT2D eigenvalue weighted by Crippen LogP contribution is 2.18. The Morgan fingerprint density at radius 3 is 2.41 bits per heavy atom. The lowest BCUT2D eigenvalue weighted by Gasteiger charge is -2.17. The fourth-order valence-corrected chi connectivity index (χ4v) is 3.00. The van der Waals surface area contributed by atoms with Crippen LogP contribution < -0.4 is 10.6 Å². The first-order valence-electron chi connectivity index (χ1n) is 8.90. The van der Waals surface area contributed by atoms with Crippen molar-refractivity contribution in [2.45, 2.75) is 13.0 Å². The van der Waals surface area contributed by atoms with Gasteiger partial charge in [0.1, 0.15) is 6.04 Å². The van der Waals surface area contributed by atoms with E-state index in [1.807, 2.05) is 23.5 Å². The third-order valence-electron chi connectivity index (χ3n) is 4.41. The highest BCUT2D eigenvalue weighted by Gasteiger charge is 2.18. The maximum atomic E-state index is 12.4. The molecule has 4 nitrogen and oxygen atoms in total. The van der Waals surface area contributed by atoms with Gasteiger partial charge in [0.15, 0.2) is 6.54 Å². The number of aryl methyl sites for hydroxylation is 1. The summed E-state index contributed by atoms with van der Waals surface area (Å²) in [6.45, 7) is 2.35. The van der Waals surface area contributed by atoms with Crippen molar-refractivity contribution in [1.82, 2.24) is 0 Å². The van der Waals surface area contributed by atoms with Crippen molar-refractivity contribution in [1.29, 1.82) is 5.26 Å². The Labute approximate surface area is 159 Å². The van der Waals surface area contributed by atoms with Crippen molar-refractivity contribution >= 4 is 11.6 Å². The lowest BCUT2D eigenvalue weighted by Crippen LogP contribution is -2.87. The largest absolute Gasteiger partial charge is 0.328 e. The zero-order valence-electron chi connectivity index (χ0n) is 15.2. The highest BCUT2D eigenvalue weighted by atomic mass is 16.1. The average molecular weight is 356 g/mol. The molecule has 0 aliphatic heterocycles. The van der Waals surface area contributed by atoms with Crippen LogP contribution >= 0.6 is 0 Å². The van der Waals surface area contributed by atoms with Crippen molar-refractivity contribution < 1.29 is 10.1 Å². The van der Waals surface area contributed by atoms with Crippen LogP contribution in [0, 0.1) is 18.3 Å². The standard InChI is InChI=1S/C23H21N3O/c1-17-10-12-20(13-11-17)23(19-7-3-2-4-8-19)25-16-22(27)26-21-9-5-6-18(14-21)15-24/h2-14,23,25H,16H2,1H3,(H,26,27)/p+1/t23-/m0/s1. The van der Waals surface area contributed by atoms with Gasteiger partial charge in [-0.25, -0.2) is 0 Å². The molecule has 3 aromatic carbocycles. The van der Waals surface area contributed by atoms with E-state index in [4.69, 9.17) is 5.26 Å². The number of nitriles is 1. The molecule has 1 amide bonds. The van der Waals surface area contributed by atoms with Gasteiger partial charge in [0.25, 0.3) is 5.91 Å². The Morgan fingerprint density at radius 2 is 1.70 bits per heavy atom. The average Bonchev–Trinajstić information content (AvgIpc) is 2.70. The summed E-state index contributed by atoms with van der Waals surface area (Å²) in [5, 5.41) is 13.9. The number of benzene rings is 3. The van der Waals surface area contributed by atoms with Gasteiger partial charge in [-0.05, 0) is 25.1 Å². The number of carbonyl (C=O) groups excluding carboxylic acids is 1. The molecule has 0 saturated carbocycles. The van der Waals surface area contributed by atoms with Gasteiger partial charge in [0, 0.05) is 16.8 Å². The maximum Gasteiger partial charge on any atom is 0.279 e. The molecular formula is C23H22N3O+. The van der Waals surface area contributed by atoms with Crippen LogP contribution in [0.3, 0.4) is 0 Å². The molecule has 0 spiro atoms. The van der Waals surface area contributed by atoms with Crippen LogP contribution in [-0.4, -0.2) is 12.5 Å². The predicted octanol–water partition coefficient (Wildman–Crippen LogP) is 3.16. The molecule has 134 valence electrons. The molecule has 4 heteroatoms. The van der Waals surface area contributed by atoms with Crippen LogP contribution in [0.25, 0.3) is 0 Å². The van der Waals surface area contributed by atoms with Gasteiger partial charge in [-0.2, -0.15) is 5.26 Å². The number of carbonyl (C=O) groups is 1. The molecule has 0 heterocycles. The summed E-state index contributed by atoms with van der Waals surface area (Å²) in [5.41, 5.74) is 4.69. The Kier molecular flexibility index (Phi) is 5.98. The number of quaternary nitrogens is 1. The Hall–Kier alpha value is -3.42. The van der Waals surface area contributed by atoms with Crippen LogP contribution in [0.15, 0.2) is 78.9 Å². The van der Waals surface area contributed by atoms with Gasteiger partial charge in [-0.15, -0.1) is 0 Å². The van der Waals surface area contributed by atoms with E-state index in [1.165, 1.54) is 5.56 Å². The summed E-state index contributed by atoms with van der Waals surface area (Å²) in [6.07, 6.45) is 0. The molecule has 0 fully saturated rings. The summed E-state index contributed by atoms with van der Waals surface area (Å²) in [7, 11) is 0. The smallest absolute Gasteiger partial charge is 0.279 e. The third-order valence-corrected chi connectivity index (χ3v) is 4.41. The molecule has 3 aromatic rings. The second kappa shape index (κ2) is 8.79. The lowest BCUT2D eigenvalue weighted by molar-refractivity contribution is -0.676. The molecule has 0 aromatic heterocycles. The van der Waals surface area contributed by atoms with E-state index in [0.29, 0.717) is 11.3 Å². The summed E-state index contributed by atoms with van der Waals surface area (Å²) < 4.78 is 0. The predicted molar refractivity (Wildman–Crippen MR) is 106 cm³/mol. The Morgan fingerprint density at radius 1 is 1.00 bits per heavy atom. The monoisotopic (exact) mass is 356 g/mol. The second-order valence-electron chi connectivity index (χ2n) is 6.48. The Balaban J connectivity index is 1.71. The van der Waals surface area contributed by atoms with E-state index < -0.39 is 0 Å². The maximum absolute atomic E-state index is 12.4. The topological polar surface area (TPSA) is 69.5 Å². The van der Waals surface area contributed by atoms with Gasteiger partial charge in [0.2, 0.25) is 0 Å². The molecule has 0 bridgehead atoms. The van der Waals surface area contributed by atoms with Crippen LogP contribution in [0.2, 0.25) is 0 Å². The van der Waals surface area contributed by atoms with Crippen LogP contribution in [0.4, 0.5) is 5.69 Å². The van der Waals surface area contributed by atoms with Crippen LogP contribution in [0.1, 0.15) is 28.3 Å². The van der Waals surface area contributed by atoms with E-state index in [9.17, 15) is 4.79 Å². The minimum atomic E-state index is -0.0990. The molecule has 0 saturated heterocycles. The molecule has 1 atom stereocenters. The van der Waals surface area contributed by atoms with E-state index in [1.54, 1.807) is 24.3 Å². The number of hydrogen-bond donors (Lipinski definition) is 2. The van der Waals surface area contributed by atoms with Crippen LogP contribution in [0.5, 0.6) is 0 Å². The molecule has 3 N–H and O–H groups in total. The molecule has 3 rings (SSSR count). The zero-order valence-corrected chi connectivity index (χ0v) is 15.2. The first-order valence-corrected chi connectivity index (χ1v) is 8.90. The van der Waals surface area contributed by atoms with E-state index >= 15 is 0 Å². The number of nitrogens with two attached hydrogens (primary N) is 1. The number of rotatable bonds is 6. The quantitative estimate of drug-likeness (QED) is 0.712. The van der Waals surface area contributed by atoms with Gasteiger partial charge in [-0.1, -0.05) is 66.2 Å². The van der Waals surface area contributed by atoms with Crippen molar-refractivity contribution in [3.8, 4) is 6.07 Å². The second-order valence-corrected chi connectivity index (χ2v) is 6.48. The SMILES string of the molecule is Cc1ccc([C@@H]([NH2+]CC(=O)Nc2cccc(C#N)c2)c2ccccc2)cc1.